The highest BCUT2D eigenvalue weighted by Gasteiger charge is 2.25. The molecule has 0 aromatic heterocycles. The Balaban J connectivity index is 4.64. The molecule has 0 amide bonds. The van der Waals surface area contributed by atoms with Crippen molar-refractivity contribution in [3.63, 3.8) is 0 Å². The molecule has 0 aromatic rings. The molecule has 0 aliphatic rings. The van der Waals surface area contributed by atoms with Crippen molar-refractivity contribution in [3.05, 3.63) is 60.8 Å². The van der Waals surface area contributed by atoms with Gasteiger partial charge in [0.1, 0.15) is 13.2 Å². The molecule has 0 radical (unpaired) electrons. The molecule has 0 saturated carbocycles. The SMILES string of the molecule is CC/C=C\C/C=C\C/C=C\C/C=C\CCC(=O)OC(COC(=O)CCCCCCC/C=C\CCCCCCC)COC(OCC[N+](C)(C)C)C(=O)O. The maximum Gasteiger partial charge on any atom is 0.361 e. The third kappa shape index (κ3) is 35.4. The molecule has 0 aliphatic carbocycles. The highest BCUT2D eigenvalue weighted by Crippen LogP contribution is 2.11. The molecule has 0 aromatic carbocycles. The van der Waals surface area contributed by atoms with Crippen molar-refractivity contribution in [1.29, 1.82) is 0 Å². The third-order valence-corrected chi connectivity index (χ3v) is 8.02. The molecule has 0 aliphatic heterocycles. The van der Waals surface area contributed by atoms with Gasteiger partial charge in [-0.25, -0.2) is 4.79 Å². The molecule has 9 heteroatoms. The summed E-state index contributed by atoms with van der Waals surface area (Å²) in [6.45, 7) is 4.61. The molecule has 0 bridgehead atoms. The van der Waals surface area contributed by atoms with Crippen molar-refractivity contribution >= 4 is 17.9 Å². The van der Waals surface area contributed by atoms with Crippen molar-refractivity contribution in [2.75, 3.05) is 47.5 Å². The van der Waals surface area contributed by atoms with E-state index in [1.165, 1.54) is 38.5 Å². The average Bonchev–Trinajstić information content (AvgIpc) is 3.09. The number of carboxylic acids is 1. The number of aliphatic carboxylic acids is 1. The topological polar surface area (TPSA) is 108 Å². The first-order chi connectivity index (χ1) is 25.1. The van der Waals surface area contributed by atoms with Crippen LogP contribution in [0.2, 0.25) is 0 Å². The monoisotopic (exact) mass is 733 g/mol. The van der Waals surface area contributed by atoms with Crippen molar-refractivity contribution in [3.8, 4) is 0 Å². The largest absolute Gasteiger partial charge is 0.477 e. The summed E-state index contributed by atoms with van der Waals surface area (Å²) < 4.78 is 22.5. The van der Waals surface area contributed by atoms with Crippen LogP contribution in [0.15, 0.2) is 60.8 Å². The Morgan fingerprint density at radius 3 is 1.71 bits per heavy atom. The Morgan fingerprint density at radius 1 is 0.596 bits per heavy atom. The van der Waals surface area contributed by atoms with Crippen LogP contribution in [0, 0.1) is 0 Å². The number of carbonyl (C=O) groups excluding carboxylic acids is 2. The lowest BCUT2D eigenvalue weighted by Gasteiger charge is -2.25. The van der Waals surface area contributed by atoms with E-state index < -0.39 is 24.3 Å². The molecule has 2 unspecified atom stereocenters. The van der Waals surface area contributed by atoms with E-state index in [0.717, 1.165) is 64.2 Å². The molecule has 0 heterocycles. The molecule has 0 fully saturated rings. The molecule has 9 nitrogen and oxygen atoms in total. The molecule has 2 atom stereocenters. The summed E-state index contributed by atoms with van der Waals surface area (Å²) in [5, 5.41) is 9.59. The maximum atomic E-state index is 12.6. The fraction of sp³-hybridized carbons (Fsp3) is 0.698. The minimum atomic E-state index is -1.53. The zero-order valence-corrected chi connectivity index (χ0v) is 33.4. The Kier molecular flexibility index (Phi) is 33.0. The highest BCUT2D eigenvalue weighted by atomic mass is 16.7. The number of esters is 2. The van der Waals surface area contributed by atoms with Crippen LogP contribution in [0.3, 0.4) is 0 Å². The molecular formula is C43H74NO8+. The van der Waals surface area contributed by atoms with Gasteiger partial charge in [-0.05, 0) is 64.2 Å². The predicted molar refractivity (Wildman–Crippen MR) is 212 cm³/mol. The summed E-state index contributed by atoms with van der Waals surface area (Å²) in [5.41, 5.74) is 0. The van der Waals surface area contributed by atoms with Gasteiger partial charge in [-0.3, -0.25) is 9.59 Å². The number of allylic oxidation sites excluding steroid dienone is 10. The first-order valence-electron chi connectivity index (χ1n) is 20.0. The Labute approximate surface area is 316 Å². The second kappa shape index (κ2) is 35.0. The van der Waals surface area contributed by atoms with Gasteiger partial charge in [-0.15, -0.1) is 0 Å². The zero-order valence-electron chi connectivity index (χ0n) is 33.4. The number of hydrogen-bond donors (Lipinski definition) is 1. The van der Waals surface area contributed by atoms with Crippen LogP contribution >= 0.6 is 0 Å². The Bertz CT molecular complexity index is 1040. The Hall–Kier alpha value is -3.01. The number of nitrogens with zero attached hydrogens (tertiary/aromatic N) is 1. The summed E-state index contributed by atoms with van der Waals surface area (Å²) in [7, 11) is 5.91. The normalized spacial score (nSPS) is 13.6. The van der Waals surface area contributed by atoms with E-state index in [-0.39, 0.29) is 38.6 Å². The summed E-state index contributed by atoms with van der Waals surface area (Å²) in [6, 6.07) is 0. The highest BCUT2D eigenvalue weighted by molar-refractivity contribution is 5.71. The molecule has 0 saturated heterocycles. The van der Waals surface area contributed by atoms with Gasteiger partial charge in [0.25, 0.3) is 6.29 Å². The quantitative estimate of drug-likeness (QED) is 0.0226. The van der Waals surface area contributed by atoms with Gasteiger partial charge in [0.2, 0.25) is 0 Å². The van der Waals surface area contributed by atoms with Gasteiger partial charge in [0, 0.05) is 12.8 Å². The number of quaternary nitrogens is 1. The van der Waals surface area contributed by atoms with Crippen LogP contribution in [0.25, 0.3) is 0 Å². The number of rotatable bonds is 35. The van der Waals surface area contributed by atoms with Crippen LogP contribution in [-0.2, 0) is 33.3 Å². The van der Waals surface area contributed by atoms with Crippen LogP contribution in [0.5, 0.6) is 0 Å². The molecule has 0 rings (SSSR count). The van der Waals surface area contributed by atoms with Gasteiger partial charge in [0.05, 0.1) is 34.4 Å². The van der Waals surface area contributed by atoms with Crippen molar-refractivity contribution in [1.82, 2.24) is 0 Å². The van der Waals surface area contributed by atoms with Crippen LogP contribution in [-0.4, -0.2) is 87.4 Å². The summed E-state index contributed by atoms with van der Waals surface area (Å²) in [4.78, 5) is 36.9. The minimum Gasteiger partial charge on any atom is -0.477 e. The van der Waals surface area contributed by atoms with Crippen LogP contribution < -0.4 is 0 Å². The number of ether oxygens (including phenoxy) is 4. The van der Waals surface area contributed by atoms with Crippen molar-refractivity contribution in [2.45, 2.75) is 148 Å². The second-order valence-corrected chi connectivity index (χ2v) is 14.2. The van der Waals surface area contributed by atoms with Crippen LogP contribution in [0.4, 0.5) is 0 Å². The van der Waals surface area contributed by atoms with E-state index >= 15 is 0 Å². The van der Waals surface area contributed by atoms with Crippen molar-refractivity contribution < 1.29 is 42.9 Å². The molecule has 0 spiro atoms. The molecule has 1 N–H and O–H groups in total. The minimum absolute atomic E-state index is 0.135. The van der Waals surface area contributed by atoms with E-state index in [0.29, 0.717) is 17.4 Å². The molecular weight excluding hydrogens is 658 g/mol. The maximum absolute atomic E-state index is 12.6. The average molecular weight is 733 g/mol. The fourth-order valence-electron chi connectivity index (χ4n) is 4.90. The summed E-state index contributed by atoms with van der Waals surface area (Å²) in [5.74, 6) is -2.14. The first-order valence-corrected chi connectivity index (χ1v) is 20.0. The zero-order chi connectivity index (χ0) is 38.5. The van der Waals surface area contributed by atoms with E-state index in [4.69, 9.17) is 18.9 Å². The molecule has 52 heavy (non-hydrogen) atoms. The van der Waals surface area contributed by atoms with Gasteiger partial charge < -0.3 is 28.5 Å². The van der Waals surface area contributed by atoms with Gasteiger partial charge in [-0.2, -0.15) is 0 Å². The van der Waals surface area contributed by atoms with Gasteiger partial charge in [0.15, 0.2) is 6.10 Å². The number of unbranched alkanes of at least 4 members (excludes halogenated alkanes) is 10. The summed E-state index contributed by atoms with van der Waals surface area (Å²) >= 11 is 0. The van der Waals surface area contributed by atoms with Crippen molar-refractivity contribution in [2.24, 2.45) is 0 Å². The third-order valence-electron chi connectivity index (χ3n) is 8.02. The first kappa shape index (κ1) is 49.0. The van der Waals surface area contributed by atoms with Crippen LogP contribution in [0.1, 0.15) is 136 Å². The van der Waals surface area contributed by atoms with E-state index in [2.05, 4.69) is 62.5 Å². The second-order valence-electron chi connectivity index (χ2n) is 14.2. The Morgan fingerprint density at radius 2 is 1.13 bits per heavy atom. The number of likely N-dealkylation sites (N-methyl/N-ethyl adjacent to an activating group) is 1. The number of carbonyl (C=O) groups is 3. The van der Waals surface area contributed by atoms with Gasteiger partial charge in [-0.1, -0.05) is 120 Å². The van der Waals surface area contributed by atoms with Gasteiger partial charge >= 0.3 is 17.9 Å². The summed E-state index contributed by atoms with van der Waals surface area (Å²) in [6.07, 6.45) is 37.3. The predicted octanol–water partition coefficient (Wildman–Crippen LogP) is 9.82. The lowest BCUT2D eigenvalue weighted by atomic mass is 10.1. The molecule has 298 valence electrons. The smallest absolute Gasteiger partial charge is 0.361 e. The lowest BCUT2D eigenvalue weighted by Crippen LogP contribution is -2.40. The lowest BCUT2D eigenvalue weighted by molar-refractivity contribution is -0.870. The number of hydrogen-bond acceptors (Lipinski definition) is 7. The number of carboxylic acid groups (broad SMARTS) is 1. The fourth-order valence-corrected chi connectivity index (χ4v) is 4.90. The standard InChI is InChI=1S/C43H73NO8/c1-6-8-10-12-14-16-18-20-22-23-25-27-29-31-33-40(45)50-37-39(38-51-43(42(47)48)49-36-35-44(3,4)5)52-41(46)34-32-30-28-26-24-21-19-17-15-13-11-9-7-2/h9,11,15,17-18,20-21,24,28,30,39,43H,6-8,10,12-14,16,19,22-23,25-27,29,31-38H2,1-5H3/p+1/b11-9-,17-15-,20-18-,24-21-,30-28-. The van der Waals surface area contributed by atoms with E-state index in [1.54, 1.807) is 0 Å². The van der Waals surface area contributed by atoms with E-state index in [1.807, 2.05) is 33.3 Å². The van der Waals surface area contributed by atoms with E-state index in [9.17, 15) is 19.5 Å².